The Morgan fingerprint density at radius 3 is 2.61 bits per heavy atom. The number of hydrogen-bond donors (Lipinski definition) is 1. The van der Waals surface area contributed by atoms with E-state index in [1.807, 2.05) is 12.2 Å². The highest BCUT2D eigenvalue weighted by Crippen LogP contribution is 2.39. The zero-order chi connectivity index (χ0) is 20.7. The number of benzene rings is 1. The van der Waals surface area contributed by atoms with Crippen LogP contribution in [0.3, 0.4) is 0 Å². The van der Waals surface area contributed by atoms with Crippen molar-refractivity contribution in [1.82, 2.24) is 0 Å². The summed E-state index contributed by atoms with van der Waals surface area (Å²) in [6.45, 7) is 11.3. The molecule has 1 heterocycles. The lowest BCUT2D eigenvalue weighted by Gasteiger charge is -2.21. The maximum Gasteiger partial charge on any atom is 0.328 e. The van der Waals surface area contributed by atoms with Crippen molar-refractivity contribution in [3.8, 4) is 16.9 Å². The van der Waals surface area contributed by atoms with Crippen molar-refractivity contribution >= 4 is 23.4 Å². The maximum absolute atomic E-state index is 10.8. The van der Waals surface area contributed by atoms with Crippen LogP contribution in [0.1, 0.15) is 57.9 Å². The molecule has 0 aliphatic carbocycles. The highest BCUT2D eigenvalue weighted by atomic mass is 32.1. The van der Waals surface area contributed by atoms with Crippen LogP contribution in [0.2, 0.25) is 0 Å². The third kappa shape index (κ3) is 6.10. The first-order chi connectivity index (χ1) is 13.2. The second kappa shape index (κ2) is 9.74. The minimum Gasteiger partial charge on any atom is -0.493 e. The van der Waals surface area contributed by atoms with Crippen LogP contribution in [-0.4, -0.2) is 17.7 Å². The van der Waals surface area contributed by atoms with Gasteiger partial charge in [0.15, 0.2) is 0 Å². The third-order valence-corrected chi connectivity index (χ3v) is 5.32. The molecule has 4 heteroatoms. The van der Waals surface area contributed by atoms with Crippen LogP contribution >= 0.6 is 11.3 Å². The second-order valence-corrected chi connectivity index (χ2v) is 8.87. The average Bonchev–Trinajstić information content (AvgIpc) is 3.07. The molecule has 0 unspecified atom stereocenters. The molecular formula is C24H30O3S. The maximum atomic E-state index is 10.8. The fourth-order valence-electron chi connectivity index (χ4n) is 2.78. The van der Waals surface area contributed by atoms with Crippen LogP contribution in [-0.2, 0) is 10.2 Å². The molecule has 0 aliphatic rings. The molecule has 28 heavy (non-hydrogen) atoms. The largest absolute Gasteiger partial charge is 0.493 e. The number of hydrogen-bond acceptors (Lipinski definition) is 3. The SMILES string of the molecule is CCCCOc1ccc(C(C)(C)C)cc1-c1ccsc1/C=C/C(C)=C/C(=O)O. The molecular weight excluding hydrogens is 368 g/mol. The third-order valence-electron chi connectivity index (χ3n) is 4.44. The van der Waals surface area contributed by atoms with Gasteiger partial charge in [0, 0.05) is 22.1 Å². The molecule has 3 nitrogen and oxygen atoms in total. The van der Waals surface area contributed by atoms with Gasteiger partial charge in [0.1, 0.15) is 5.75 Å². The predicted octanol–water partition coefficient (Wildman–Crippen LogP) is 6.94. The van der Waals surface area contributed by atoms with Gasteiger partial charge in [-0.2, -0.15) is 0 Å². The van der Waals surface area contributed by atoms with Crippen molar-refractivity contribution in [2.45, 2.75) is 52.9 Å². The number of allylic oxidation sites excluding steroid dienone is 2. The van der Waals surface area contributed by atoms with E-state index in [1.54, 1.807) is 18.3 Å². The van der Waals surface area contributed by atoms with Crippen LogP contribution in [0.25, 0.3) is 17.2 Å². The smallest absolute Gasteiger partial charge is 0.328 e. The molecule has 0 radical (unpaired) electrons. The summed E-state index contributed by atoms with van der Waals surface area (Å²) >= 11 is 1.64. The second-order valence-electron chi connectivity index (χ2n) is 7.92. The Hall–Kier alpha value is -2.33. The van der Waals surface area contributed by atoms with Gasteiger partial charge in [0.25, 0.3) is 0 Å². The Balaban J connectivity index is 2.46. The lowest BCUT2D eigenvalue weighted by atomic mass is 9.85. The summed E-state index contributed by atoms with van der Waals surface area (Å²) in [6.07, 6.45) is 7.15. The van der Waals surface area contributed by atoms with Crippen molar-refractivity contribution in [3.63, 3.8) is 0 Å². The Morgan fingerprint density at radius 1 is 1.21 bits per heavy atom. The number of rotatable bonds is 8. The Bertz CT molecular complexity index is 866. The first-order valence-electron chi connectivity index (χ1n) is 9.67. The molecule has 0 fully saturated rings. The molecule has 0 atom stereocenters. The van der Waals surface area contributed by atoms with Gasteiger partial charge in [-0.05, 0) is 59.6 Å². The Kier molecular flexibility index (Phi) is 7.64. The van der Waals surface area contributed by atoms with E-state index >= 15 is 0 Å². The first kappa shape index (κ1) is 22.0. The number of carboxylic acids is 1. The van der Waals surface area contributed by atoms with Gasteiger partial charge in [-0.3, -0.25) is 0 Å². The molecule has 0 saturated carbocycles. The van der Waals surface area contributed by atoms with Crippen LogP contribution in [0.5, 0.6) is 5.75 Å². The molecule has 0 aliphatic heterocycles. The summed E-state index contributed by atoms with van der Waals surface area (Å²) < 4.78 is 6.09. The van der Waals surface area contributed by atoms with Gasteiger partial charge in [0.2, 0.25) is 0 Å². The normalized spacial score (nSPS) is 12.5. The minimum atomic E-state index is -0.932. The fraction of sp³-hybridized carbons (Fsp3) is 0.375. The molecule has 0 bridgehead atoms. The van der Waals surface area contributed by atoms with Gasteiger partial charge in [-0.15, -0.1) is 11.3 Å². The quantitative estimate of drug-likeness (QED) is 0.298. The van der Waals surface area contributed by atoms with E-state index in [4.69, 9.17) is 9.84 Å². The van der Waals surface area contributed by atoms with Crippen LogP contribution in [0.4, 0.5) is 0 Å². The molecule has 0 spiro atoms. The molecule has 1 aromatic heterocycles. The monoisotopic (exact) mass is 398 g/mol. The van der Waals surface area contributed by atoms with Crippen LogP contribution < -0.4 is 4.74 Å². The van der Waals surface area contributed by atoms with E-state index in [-0.39, 0.29) is 5.41 Å². The number of ether oxygens (including phenoxy) is 1. The molecule has 1 N–H and O–H groups in total. The van der Waals surface area contributed by atoms with Gasteiger partial charge in [-0.25, -0.2) is 4.79 Å². The standard InChI is InChI=1S/C24H30O3S/c1-6-7-13-27-21-10-9-18(24(3,4)5)16-20(21)19-12-14-28-22(19)11-8-17(2)15-23(25)26/h8-12,14-16H,6-7,13H2,1-5H3,(H,25,26)/b11-8+,17-15+. The van der Waals surface area contributed by atoms with E-state index in [0.29, 0.717) is 12.2 Å². The van der Waals surface area contributed by atoms with Crippen LogP contribution in [0.15, 0.2) is 47.4 Å². The Morgan fingerprint density at radius 2 is 1.96 bits per heavy atom. The average molecular weight is 399 g/mol. The fourth-order valence-corrected chi connectivity index (χ4v) is 3.58. The van der Waals surface area contributed by atoms with E-state index in [0.717, 1.165) is 34.6 Å². The van der Waals surface area contributed by atoms with E-state index < -0.39 is 5.97 Å². The summed E-state index contributed by atoms with van der Waals surface area (Å²) in [5.41, 5.74) is 4.21. The molecule has 2 rings (SSSR count). The van der Waals surface area contributed by atoms with Gasteiger partial charge < -0.3 is 9.84 Å². The highest BCUT2D eigenvalue weighted by molar-refractivity contribution is 7.11. The van der Waals surface area contributed by atoms with E-state index in [1.165, 1.54) is 11.6 Å². The lowest BCUT2D eigenvalue weighted by molar-refractivity contribution is -0.131. The molecule has 1 aromatic carbocycles. The minimum absolute atomic E-state index is 0.0452. The summed E-state index contributed by atoms with van der Waals surface area (Å²) in [4.78, 5) is 11.9. The molecule has 150 valence electrons. The number of carboxylic acid groups (broad SMARTS) is 1. The van der Waals surface area contributed by atoms with Crippen molar-refractivity contribution in [2.24, 2.45) is 0 Å². The summed E-state index contributed by atoms with van der Waals surface area (Å²) in [5, 5.41) is 11.0. The topological polar surface area (TPSA) is 46.5 Å². The molecule has 0 saturated heterocycles. The first-order valence-corrected chi connectivity index (χ1v) is 10.5. The lowest BCUT2D eigenvalue weighted by Crippen LogP contribution is -2.11. The number of unbranched alkanes of at least 4 members (excludes halogenated alkanes) is 1. The van der Waals surface area contributed by atoms with Gasteiger partial charge >= 0.3 is 5.97 Å². The molecule has 2 aromatic rings. The summed E-state index contributed by atoms with van der Waals surface area (Å²) in [5.74, 6) is -0.0367. The van der Waals surface area contributed by atoms with Crippen molar-refractivity contribution in [3.05, 3.63) is 57.8 Å². The zero-order valence-corrected chi connectivity index (χ0v) is 18.2. The van der Waals surface area contributed by atoms with Gasteiger partial charge in [-0.1, -0.05) is 46.3 Å². The van der Waals surface area contributed by atoms with E-state index in [2.05, 4.69) is 57.3 Å². The van der Waals surface area contributed by atoms with Crippen molar-refractivity contribution < 1.29 is 14.6 Å². The van der Waals surface area contributed by atoms with E-state index in [9.17, 15) is 4.79 Å². The zero-order valence-electron chi connectivity index (χ0n) is 17.4. The number of aliphatic carboxylic acids is 1. The Labute approximate surface area is 172 Å². The number of carbonyl (C=O) groups is 1. The van der Waals surface area contributed by atoms with Crippen molar-refractivity contribution in [1.29, 1.82) is 0 Å². The predicted molar refractivity (Wildman–Crippen MR) is 119 cm³/mol. The number of thiophene rings is 1. The molecule has 0 amide bonds. The summed E-state index contributed by atoms with van der Waals surface area (Å²) in [6, 6.07) is 8.55. The van der Waals surface area contributed by atoms with Crippen LogP contribution in [0, 0.1) is 0 Å². The highest BCUT2D eigenvalue weighted by Gasteiger charge is 2.18. The van der Waals surface area contributed by atoms with Gasteiger partial charge in [0.05, 0.1) is 6.61 Å². The van der Waals surface area contributed by atoms with Crippen molar-refractivity contribution in [2.75, 3.05) is 6.61 Å². The summed E-state index contributed by atoms with van der Waals surface area (Å²) in [7, 11) is 0.